The van der Waals surface area contributed by atoms with Crippen LogP contribution < -0.4 is 5.32 Å². The Labute approximate surface area is 112 Å². The van der Waals surface area contributed by atoms with Gasteiger partial charge in [0.05, 0.1) is 0 Å². The monoisotopic (exact) mass is 330 g/mol. The number of piperidine rings is 1. The summed E-state index contributed by atoms with van der Waals surface area (Å²) in [4.78, 5) is 2.42. The average molecular weight is 330 g/mol. The van der Waals surface area contributed by atoms with E-state index in [9.17, 15) is 0 Å². The summed E-state index contributed by atoms with van der Waals surface area (Å²) in [7, 11) is 2.21. The number of nitrogens with one attached hydrogen (secondary N) is 1. The van der Waals surface area contributed by atoms with Crippen LogP contribution in [-0.2, 0) is 0 Å². The van der Waals surface area contributed by atoms with Gasteiger partial charge in [-0.05, 0) is 79.7 Å². The van der Waals surface area contributed by atoms with Gasteiger partial charge in [0, 0.05) is 15.8 Å². The van der Waals surface area contributed by atoms with Crippen molar-refractivity contribution >= 4 is 28.3 Å². The molecular weight excluding hydrogens is 311 g/mol. The molecule has 2 rings (SSSR count). The molecule has 1 fully saturated rings. The molecule has 1 aliphatic heterocycles. The third-order valence-electron chi connectivity index (χ3n) is 3.26. The van der Waals surface area contributed by atoms with Crippen LogP contribution in [0.2, 0.25) is 0 Å². The number of nitrogens with zero attached hydrogens (tertiary/aromatic N) is 1. The highest BCUT2D eigenvalue weighted by atomic mass is 127. The molecule has 1 aromatic carbocycles. The molecule has 1 heterocycles. The fraction of sp³-hybridized carbons (Fsp3) is 0.538. The Bertz CT molecular complexity index is 332. The standard InChI is InChI=1S/C13H19IN2/c1-16-7-5-11(6-8-16)10-15-13-4-2-3-12(14)9-13/h2-4,9,11,15H,5-8,10H2,1H3. The molecule has 88 valence electrons. The van der Waals surface area contributed by atoms with Crippen molar-refractivity contribution in [3.63, 3.8) is 0 Å². The van der Waals surface area contributed by atoms with Crippen LogP contribution in [0.25, 0.3) is 0 Å². The van der Waals surface area contributed by atoms with Gasteiger partial charge in [0.25, 0.3) is 0 Å². The summed E-state index contributed by atoms with van der Waals surface area (Å²) in [6.07, 6.45) is 2.65. The van der Waals surface area contributed by atoms with Gasteiger partial charge in [-0.1, -0.05) is 6.07 Å². The largest absolute Gasteiger partial charge is 0.385 e. The fourth-order valence-corrected chi connectivity index (χ4v) is 2.67. The molecule has 0 atom stereocenters. The topological polar surface area (TPSA) is 15.3 Å². The second-order valence-corrected chi connectivity index (χ2v) is 5.88. The van der Waals surface area contributed by atoms with Crippen LogP contribution in [0.1, 0.15) is 12.8 Å². The van der Waals surface area contributed by atoms with Crippen LogP contribution in [-0.4, -0.2) is 31.6 Å². The normalized spacial score (nSPS) is 18.6. The van der Waals surface area contributed by atoms with E-state index in [4.69, 9.17) is 0 Å². The van der Waals surface area contributed by atoms with E-state index in [1.54, 1.807) is 0 Å². The van der Waals surface area contributed by atoms with E-state index in [0.717, 1.165) is 12.5 Å². The minimum atomic E-state index is 0.842. The zero-order chi connectivity index (χ0) is 11.4. The van der Waals surface area contributed by atoms with E-state index in [0.29, 0.717) is 0 Å². The molecule has 1 aliphatic rings. The zero-order valence-corrected chi connectivity index (χ0v) is 11.9. The van der Waals surface area contributed by atoms with Crippen molar-refractivity contribution in [2.45, 2.75) is 12.8 Å². The smallest absolute Gasteiger partial charge is 0.0350 e. The summed E-state index contributed by atoms with van der Waals surface area (Å²) < 4.78 is 1.30. The van der Waals surface area contributed by atoms with E-state index in [1.165, 1.54) is 35.2 Å². The van der Waals surface area contributed by atoms with Crippen LogP contribution in [0, 0.1) is 9.49 Å². The van der Waals surface area contributed by atoms with Gasteiger partial charge >= 0.3 is 0 Å². The molecule has 0 saturated carbocycles. The van der Waals surface area contributed by atoms with Crippen molar-refractivity contribution in [3.8, 4) is 0 Å². The third kappa shape index (κ3) is 3.63. The predicted octanol–water partition coefficient (Wildman–Crippen LogP) is 3.04. The lowest BCUT2D eigenvalue weighted by Gasteiger charge is -2.29. The zero-order valence-electron chi connectivity index (χ0n) is 9.75. The maximum atomic E-state index is 3.55. The summed E-state index contributed by atoms with van der Waals surface area (Å²) in [5.41, 5.74) is 1.26. The first-order valence-electron chi connectivity index (χ1n) is 5.92. The van der Waals surface area contributed by atoms with E-state index >= 15 is 0 Å². The molecule has 0 radical (unpaired) electrons. The van der Waals surface area contributed by atoms with Crippen molar-refractivity contribution in [1.29, 1.82) is 0 Å². The number of hydrogen-bond donors (Lipinski definition) is 1. The summed E-state index contributed by atoms with van der Waals surface area (Å²) in [6, 6.07) is 8.59. The second kappa shape index (κ2) is 5.87. The molecule has 1 N–H and O–H groups in total. The molecule has 0 bridgehead atoms. The number of benzene rings is 1. The molecule has 3 heteroatoms. The minimum Gasteiger partial charge on any atom is -0.385 e. The molecule has 1 saturated heterocycles. The first-order chi connectivity index (χ1) is 7.74. The highest BCUT2D eigenvalue weighted by Crippen LogP contribution is 2.18. The molecule has 0 aromatic heterocycles. The van der Waals surface area contributed by atoms with Gasteiger partial charge in [-0.2, -0.15) is 0 Å². The Morgan fingerprint density at radius 3 is 2.81 bits per heavy atom. The lowest BCUT2D eigenvalue weighted by atomic mass is 9.97. The van der Waals surface area contributed by atoms with Crippen molar-refractivity contribution in [1.82, 2.24) is 4.90 Å². The fourth-order valence-electron chi connectivity index (χ4n) is 2.13. The van der Waals surface area contributed by atoms with E-state index < -0.39 is 0 Å². The molecule has 0 aliphatic carbocycles. The Hall–Kier alpha value is -0.290. The SMILES string of the molecule is CN1CCC(CNc2cccc(I)c2)CC1. The molecule has 2 nitrogen and oxygen atoms in total. The van der Waals surface area contributed by atoms with Gasteiger partial charge in [0.15, 0.2) is 0 Å². The van der Waals surface area contributed by atoms with Gasteiger partial charge in [-0.15, -0.1) is 0 Å². The summed E-state index contributed by atoms with van der Waals surface area (Å²) in [6.45, 7) is 3.62. The average Bonchev–Trinajstić information content (AvgIpc) is 2.28. The Balaban J connectivity index is 1.79. The Kier molecular flexibility index (Phi) is 4.46. The summed E-state index contributed by atoms with van der Waals surface area (Å²) in [5, 5.41) is 3.55. The molecule has 0 spiro atoms. The lowest BCUT2D eigenvalue weighted by molar-refractivity contribution is 0.226. The highest BCUT2D eigenvalue weighted by Gasteiger charge is 2.15. The predicted molar refractivity (Wildman–Crippen MR) is 77.9 cm³/mol. The maximum Gasteiger partial charge on any atom is 0.0350 e. The van der Waals surface area contributed by atoms with Crippen molar-refractivity contribution < 1.29 is 0 Å². The first-order valence-corrected chi connectivity index (χ1v) is 7.00. The highest BCUT2D eigenvalue weighted by molar-refractivity contribution is 14.1. The quantitative estimate of drug-likeness (QED) is 0.857. The van der Waals surface area contributed by atoms with E-state index in [1.807, 2.05) is 0 Å². The molecule has 0 unspecified atom stereocenters. The summed E-state index contributed by atoms with van der Waals surface area (Å²) >= 11 is 2.36. The Morgan fingerprint density at radius 1 is 1.38 bits per heavy atom. The lowest BCUT2D eigenvalue weighted by Crippen LogP contribution is -2.32. The second-order valence-electron chi connectivity index (χ2n) is 4.64. The van der Waals surface area contributed by atoms with Crippen LogP contribution in [0.3, 0.4) is 0 Å². The van der Waals surface area contributed by atoms with Crippen LogP contribution >= 0.6 is 22.6 Å². The molecule has 1 aromatic rings. The van der Waals surface area contributed by atoms with E-state index in [-0.39, 0.29) is 0 Å². The van der Waals surface area contributed by atoms with Gasteiger partial charge < -0.3 is 10.2 Å². The van der Waals surface area contributed by atoms with Gasteiger partial charge in [-0.3, -0.25) is 0 Å². The van der Waals surface area contributed by atoms with Gasteiger partial charge in [0.2, 0.25) is 0 Å². The van der Waals surface area contributed by atoms with Gasteiger partial charge in [0.1, 0.15) is 0 Å². The number of rotatable bonds is 3. The van der Waals surface area contributed by atoms with Crippen LogP contribution in [0.5, 0.6) is 0 Å². The number of hydrogen-bond acceptors (Lipinski definition) is 2. The van der Waals surface area contributed by atoms with Crippen molar-refractivity contribution in [2.24, 2.45) is 5.92 Å². The van der Waals surface area contributed by atoms with E-state index in [2.05, 4.69) is 64.1 Å². The van der Waals surface area contributed by atoms with Gasteiger partial charge in [-0.25, -0.2) is 0 Å². The molecule has 0 amide bonds. The third-order valence-corrected chi connectivity index (χ3v) is 3.93. The Morgan fingerprint density at radius 2 is 2.12 bits per heavy atom. The van der Waals surface area contributed by atoms with Crippen LogP contribution in [0.15, 0.2) is 24.3 Å². The maximum absolute atomic E-state index is 3.55. The minimum absolute atomic E-state index is 0.842. The molecule has 16 heavy (non-hydrogen) atoms. The number of halogens is 1. The van der Waals surface area contributed by atoms with Crippen molar-refractivity contribution in [3.05, 3.63) is 27.8 Å². The summed E-state index contributed by atoms with van der Waals surface area (Å²) in [5.74, 6) is 0.842. The van der Waals surface area contributed by atoms with Crippen LogP contribution in [0.4, 0.5) is 5.69 Å². The number of likely N-dealkylation sites (tertiary alicyclic amines) is 1. The number of anilines is 1. The van der Waals surface area contributed by atoms with Crippen molar-refractivity contribution in [2.75, 3.05) is 32.0 Å². The molecular formula is C13H19IN2. The first kappa shape index (κ1) is 12.2.